The Balaban J connectivity index is 2.30. The van der Waals surface area contributed by atoms with Crippen molar-refractivity contribution in [3.63, 3.8) is 0 Å². The van der Waals surface area contributed by atoms with E-state index < -0.39 is 0 Å². The fourth-order valence-electron chi connectivity index (χ4n) is 1.52. The summed E-state index contributed by atoms with van der Waals surface area (Å²) in [7, 11) is 0. The lowest BCUT2D eigenvalue weighted by atomic mass is 10.3. The number of ether oxygens (including phenoxy) is 1. The highest BCUT2D eigenvalue weighted by atomic mass is 35.5. The molecule has 2 rings (SSSR count). The third kappa shape index (κ3) is 3.15. The minimum absolute atomic E-state index is 0.340. The van der Waals surface area contributed by atoms with E-state index in [0.717, 1.165) is 22.0 Å². The first-order valence-electron chi connectivity index (χ1n) is 5.44. The zero-order valence-electron chi connectivity index (χ0n) is 10.2. The van der Waals surface area contributed by atoms with Crippen LogP contribution in [0, 0.1) is 6.92 Å². The van der Waals surface area contributed by atoms with E-state index in [1.54, 1.807) is 11.8 Å². The number of aryl methyl sites for hydroxylation is 1. The third-order valence-corrected chi connectivity index (χ3v) is 3.34. The Bertz CT molecular complexity index is 548. The summed E-state index contributed by atoms with van der Waals surface area (Å²) in [5.74, 6) is 1.11. The summed E-state index contributed by atoms with van der Waals surface area (Å²) in [5.41, 5.74) is 1.61. The Morgan fingerprint density at radius 3 is 2.78 bits per heavy atom. The average molecular weight is 281 g/mol. The molecule has 0 spiro atoms. The molecule has 18 heavy (non-hydrogen) atoms. The molecule has 0 aliphatic rings. The molecule has 94 valence electrons. The van der Waals surface area contributed by atoms with Crippen LogP contribution < -0.4 is 4.74 Å². The molecule has 0 bridgehead atoms. The quantitative estimate of drug-likeness (QED) is 0.625. The Labute approximate surface area is 116 Å². The first-order chi connectivity index (χ1) is 8.72. The van der Waals surface area contributed by atoms with Crippen molar-refractivity contribution in [2.75, 3.05) is 6.26 Å². The summed E-state index contributed by atoms with van der Waals surface area (Å²) >= 11 is 7.40. The average Bonchev–Trinajstić information content (AvgIpc) is 2.38. The van der Waals surface area contributed by atoms with Crippen molar-refractivity contribution >= 4 is 23.4 Å². The third-order valence-electron chi connectivity index (χ3n) is 2.29. The Morgan fingerprint density at radius 1 is 1.28 bits per heavy atom. The minimum Gasteiger partial charge on any atom is -0.423 e. The zero-order valence-corrected chi connectivity index (χ0v) is 11.8. The van der Waals surface area contributed by atoms with E-state index in [1.165, 1.54) is 0 Å². The second-order valence-electron chi connectivity index (χ2n) is 3.67. The lowest BCUT2D eigenvalue weighted by molar-refractivity contribution is 0.429. The standard InChI is InChI=1S/C13H13ClN2OS/c1-9-7-10(8-14)16-13(15-9)17-11-5-3-4-6-12(11)18-2/h3-7H,8H2,1-2H3. The summed E-state index contributed by atoms with van der Waals surface area (Å²) in [5, 5.41) is 0. The summed E-state index contributed by atoms with van der Waals surface area (Å²) in [6, 6.07) is 9.98. The van der Waals surface area contributed by atoms with E-state index >= 15 is 0 Å². The number of aromatic nitrogens is 2. The Morgan fingerprint density at radius 2 is 2.06 bits per heavy atom. The lowest BCUT2D eigenvalue weighted by Crippen LogP contribution is -1.97. The summed E-state index contributed by atoms with van der Waals surface area (Å²) < 4.78 is 5.72. The summed E-state index contributed by atoms with van der Waals surface area (Å²) in [6.07, 6.45) is 2.00. The summed E-state index contributed by atoms with van der Waals surface area (Å²) in [4.78, 5) is 9.55. The van der Waals surface area contributed by atoms with Crippen LogP contribution in [0.25, 0.3) is 0 Å². The van der Waals surface area contributed by atoms with Gasteiger partial charge in [-0.3, -0.25) is 0 Å². The van der Waals surface area contributed by atoms with Crippen molar-refractivity contribution < 1.29 is 4.74 Å². The largest absolute Gasteiger partial charge is 0.423 e. The molecular weight excluding hydrogens is 268 g/mol. The van der Waals surface area contributed by atoms with Crippen LogP contribution in [0.3, 0.4) is 0 Å². The molecule has 0 fully saturated rings. The van der Waals surface area contributed by atoms with Gasteiger partial charge >= 0.3 is 6.01 Å². The predicted molar refractivity (Wildman–Crippen MR) is 74.6 cm³/mol. The Kier molecular flexibility index (Phi) is 4.44. The van der Waals surface area contributed by atoms with Crippen LogP contribution in [0.15, 0.2) is 35.2 Å². The van der Waals surface area contributed by atoms with Gasteiger partial charge in [0.25, 0.3) is 0 Å². The highest BCUT2D eigenvalue weighted by Gasteiger charge is 2.07. The van der Waals surface area contributed by atoms with Gasteiger partial charge in [0.2, 0.25) is 0 Å². The molecule has 3 nitrogen and oxygen atoms in total. The topological polar surface area (TPSA) is 35.0 Å². The number of thioether (sulfide) groups is 1. The number of alkyl halides is 1. The number of rotatable bonds is 4. The van der Waals surface area contributed by atoms with E-state index in [1.807, 2.05) is 43.5 Å². The van der Waals surface area contributed by atoms with Crippen molar-refractivity contribution in [3.05, 3.63) is 41.7 Å². The molecule has 1 aromatic carbocycles. The van der Waals surface area contributed by atoms with Crippen LogP contribution in [0.1, 0.15) is 11.4 Å². The Hall–Kier alpha value is -1.26. The molecule has 0 amide bonds. The van der Waals surface area contributed by atoms with Crippen LogP contribution in [-0.4, -0.2) is 16.2 Å². The fraction of sp³-hybridized carbons (Fsp3) is 0.231. The van der Waals surface area contributed by atoms with Crippen molar-refractivity contribution in [1.29, 1.82) is 0 Å². The van der Waals surface area contributed by atoms with Gasteiger partial charge in [0.05, 0.1) is 11.6 Å². The highest BCUT2D eigenvalue weighted by Crippen LogP contribution is 2.29. The summed E-state index contributed by atoms with van der Waals surface area (Å²) in [6.45, 7) is 1.89. The van der Waals surface area contributed by atoms with Crippen molar-refractivity contribution in [1.82, 2.24) is 9.97 Å². The smallest absolute Gasteiger partial charge is 0.322 e. The number of nitrogens with zero attached hydrogens (tertiary/aromatic N) is 2. The van der Waals surface area contributed by atoms with E-state index in [9.17, 15) is 0 Å². The molecule has 0 atom stereocenters. The van der Waals surface area contributed by atoms with Crippen LogP contribution in [0.5, 0.6) is 11.8 Å². The first-order valence-corrected chi connectivity index (χ1v) is 7.20. The van der Waals surface area contributed by atoms with Gasteiger partial charge in [0.1, 0.15) is 5.75 Å². The minimum atomic E-state index is 0.340. The molecule has 0 aliphatic carbocycles. The van der Waals surface area contributed by atoms with E-state index in [0.29, 0.717) is 11.9 Å². The van der Waals surface area contributed by atoms with E-state index in [2.05, 4.69) is 9.97 Å². The van der Waals surface area contributed by atoms with Gasteiger partial charge in [-0.1, -0.05) is 12.1 Å². The molecule has 1 heterocycles. The van der Waals surface area contributed by atoms with Gasteiger partial charge in [-0.05, 0) is 31.4 Å². The molecule has 0 radical (unpaired) electrons. The SMILES string of the molecule is CSc1ccccc1Oc1nc(C)cc(CCl)n1. The lowest BCUT2D eigenvalue weighted by Gasteiger charge is -2.08. The van der Waals surface area contributed by atoms with Gasteiger partial charge < -0.3 is 4.74 Å². The molecular formula is C13H13ClN2OS. The molecule has 0 saturated heterocycles. The number of benzene rings is 1. The molecule has 1 aromatic heterocycles. The van der Waals surface area contributed by atoms with Crippen LogP contribution >= 0.6 is 23.4 Å². The maximum Gasteiger partial charge on any atom is 0.322 e. The second-order valence-corrected chi connectivity index (χ2v) is 4.79. The fourth-order valence-corrected chi connectivity index (χ4v) is 2.18. The molecule has 2 aromatic rings. The maximum absolute atomic E-state index is 5.78. The second kappa shape index (κ2) is 6.07. The van der Waals surface area contributed by atoms with Crippen LogP contribution in [0.4, 0.5) is 0 Å². The van der Waals surface area contributed by atoms with Crippen molar-refractivity contribution in [2.45, 2.75) is 17.7 Å². The van der Waals surface area contributed by atoms with E-state index in [4.69, 9.17) is 16.3 Å². The zero-order chi connectivity index (χ0) is 13.0. The predicted octanol–water partition coefficient (Wildman–Crippen LogP) is 4.04. The number of para-hydroxylation sites is 1. The monoisotopic (exact) mass is 280 g/mol. The first kappa shape index (κ1) is 13.2. The molecule has 0 unspecified atom stereocenters. The molecule has 0 saturated carbocycles. The number of hydrogen-bond acceptors (Lipinski definition) is 4. The van der Waals surface area contributed by atoms with Crippen LogP contribution in [-0.2, 0) is 5.88 Å². The van der Waals surface area contributed by atoms with Crippen molar-refractivity contribution in [2.24, 2.45) is 0 Å². The maximum atomic E-state index is 5.78. The van der Waals surface area contributed by atoms with Gasteiger partial charge in [0.15, 0.2) is 0 Å². The molecule has 5 heteroatoms. The van der Waals surface area contributed by atoms with Gasteiger partial charge in [-0.15, -0.1) is 23.4 Å². The van der Waals surface area contributed by atoms with Gasteiger partial charge in [-0.25, -0.2) is 4.98 Å². The van der Waals surface area contributed by atoms with Gasteiger partial charge in [-0.2, -0.15) is 4.98 Å². The number of halogens is 1. The normalized spacial score (nSPS) is 10.4. The van der Waals surface area contributed by atoms with E-state index in [-0.39, 0.29) is 0 Å². The number of hydrogen-bond donors (Lipinski definition) is 0. The molecule has 0 aliphatic heterocycles. The van der Waals surface area contributed by atoms with Crippen molar-refractivity contribution in [3.8, 4) is 11.8 Å². The van der Waals surface area contributed by atoms with Gasteiger partial charge in [0, 0.05) is 10.6 Å². The molecule has 0 N–H and O–H groups in total. The van der Waals surface area contributed by atoms with Crippen LogP contribution in [0.2, 0.25) is 0 Å². The highest BCUT2D eigenvalue weighted by molar-refractivity contribution is 7.98.